The number of nitrogens with zero attached hydrogens (tertiary/aromatic N) is 1. The second-order valence-electron chi connectivity index (χ2n) is 7.93. The molecule has 1 saturated heterocycles. The average molecular weight is 464 g/mol. The molecule has 8 nitrogen and oxygen atoms in total. The summed E-state index contributed by atoms with van der Waals surface area (Å²) < 4.78 is 33.1. The molecule has 2 heterocycles. The van der Waals surface area contributed by atoms with E-state index in [1.165, 1.54) is 50.3 Å². The third-order valence-electron chi connectivity index (χ3n) is 5.38. The first-order chi connectivity index (χ1) is 14.7. The van der Waals surface area contributed by atoms with Crippen LogP contribution in [0.5, 0.6) is 0 Å². The van der Waals surface area contributed by atoms with Crippen molar-refractivity contribution in [2.75, 3.05) is 13.1 Å². The number of morpholine rings is 1. The third kappa shape index (κ3) is 4.67. The van der Waals surface area contributed by atoms with Crippen molar-refractivity contribution in [1.82, 2.24) is 15.2 Å². The molecule has 2 aliphatic rings. The maximum atomic E-state index is 13.0. The number of carbonyl (C=O) groups excluding carboxylic acids is 2. The number of nitrogens with one attached hydrogen (secondary N) is 2. The maximum Gasteiger partial charge on any atom is 0.279 e. The van der Waals surface area contributed by atoms with Gasteiger partial charge in [-0.25, -0.2) is 8.42 Å². The van der Waals surface area contributed by atoms with Gasteiger partial charge in [-0.1, -0.05) is 6.07 Å². The van der Waals surface area contributed by atoms with Gasteiger partial charge in [0.25, 0.3) is 11.8 Å². The SMILES string of the molecule is C[C@H]1CN(S(=O)(=O)c2cccc(C(=O)NNC(=O)c3cc4c(s3)CCC4)c2)C[C@H](C)O1. The van der Waals surface area contributed by atoms with Gasteiger partial charge in [0.15, 0.2) is 0 Å². The van der Waals surface area contributed by atoms with Gasteiger partial charge in [-0.15, -0.1) is 11.3 Å². The van der Waals surface area contributed by atoms with E-state index in [-0.39, 0.29) is 41.7 Å². The van der Waals surface area contributed by atoms with E-state index >= 15 is 0 Å². The Balaban J connectivity index is 1.43. The molecular formula is C21H25N3O5S2. The molecule has 31 heavy (non-hydrogen) atoms. The van der Waals surface area contributed by atoms with E-state index in [9.17, 15) is 18.0 Å². The molecule has 2 aromatic rings. The van der Waals surface area contributed by atoms with Crippen LogP contribution in [0.4, 0.5) is 0 Å². The number of rotatable bonds is 4. The van der Waals surface area contributed by atoms with Crippen molar-refractivity contribution in [2.24, 2.45) is 0 Å². The van der Waals surface area contributed by atoms with Crippen LogP contribution in [0.1, 0.15) is 50.7 Å². The first kappa shape index (κ1) is 21.9. The number of amides is 2. The number of fused-ring (bicyclic) bond motifs is 1. The minimum Gasteiger partial charge on any atom is -0.373 e. The summed E-state index contributed by atoms with van der Waals surface area (Å²) in [5.74, 6) is -0.967. The Morgan fingerprint density at radius 3 is 2.48 bits per heavy atom. The van der Waals surface area contributed by atoms with Crippen LogP contribution in [0.3, 0.4) is 0 Å². The van der Waals surface area contributed by atoms with Crippen LogP contribution in [0.2, 0.25) is 0 Å². The minimum absolute atomic E-state index is 0.0301. The molecule has 166 valence electrons. The summed E-state index contributed by atoms with van der Waals surface area (Å²) in [6.07, 6.45) is 2.66. The van der Waals surface area contributed by atoms with Gasteiger partial charge in [-0.2, -0.15) is 4.31 Å². The van der Waals surface area contributed by atoms with Gasteiger partial charge < -0.3 is 4.74 Å². The molecule has 1 aromatic carbocycles. The van der Waals surface area contributed by atoms with Gasteiger partial charge in [0.2, 0.25) is 10.0 Å². The number of sulfonamides is 1. The fraction of sp³-hybridized carbons (Fsp3) is 0.429. The van der Waals surface area contributed by atoms with Crippen molar-refractivity contribution in [3.63, 3.8) is 0 Å². The van der Waals surface area contributed by atoms with Crippen LogP contribution in [-0.4, -0.2) is 49.8 Å². The summed E-state index contributed by atoms with van der Waals surface area (Å²) in [6, 6.07) is 7.67. The molecule has 0 bridgehead atoms. The summed E-state index contributed by atoms with van der Waals surface area (Å²) in [6.45, 7) is 4.16. The fourth-order valence-corrected chi connectivity index (χ4v) is 6.75. The predicted octanol–water partition coefficient (Wildman–Crippen LogP) is 2.11. The second kappa shape index (κ2) is 8.70. The Morgan fingerprint density at radius 2 is 1.77 bits per heavy atom. The molecule has 10 heteroatoms. The summed E-state index contributed by atoms with van der Waals surface area (Å²) in [5, 5.41) is 0. The number of aryl methyl sites for hydroxylation is 2. The number of hydrogen-bond donors (Lipinski definition) is 2. The van der Waals surface area contributed by atoms with E-state index in [0.717, 1.165) is 19.3 Å². The van der Waals surface area contributed by atoms with Crippen molar-refractivity contribution < 1.29 is 22.7 Å². The molecule has 4 rings (SSSR count). The zero-order valence-corrected chi connectivity index (χ0v) is 19.0. The molecule has 0 unspecified atom stereocenters. The molecular weight excluding hydrogens is 438 g/mol. The zero-order valence-electron chi connectivity index (χ0n) is 17.4. The van der Waals surface area contributed by atoms with E-state index in [0.29, 0.717) is 4.88 Å². The van der Waals surface area contributed by atoms with E-state index in [1.54, 1.807) is 0 Å². The normalized spacial score (nSPS) is 21.5. The van der Waals surface area contributed by atoms with Gasteiger partial charge in [-0.05, 0) is 62.9 Å². The molecule has 0 radical (unpaired) electrons. The van der Waals surface area contributed by atoms with E-state index in [2.05, 4.69) is 10.9 Å². The zero-order chi connectivity index (χ0) is 22.2. The lowest BCUT2D eigenvalue weighted by Crippen LogP contribution is -2.48. The predicted molar refractivity (Wildman–Crippen MR) is 116 cm³/mol. The van der Waals surface area contributed by atoms with Crippen LogP contribution in [0.25, 0.3) is 0 Å². The number of hydrazine groups is 1. The summed E-state index contributed by atoms with van der Waals surface area (Å²) >= 11 is 1.44. The van der Waals surface area contributed by atoms with E-state index in [1.807, 2.05) is 19.9 Å². The summed E-state index contributed by atoms with van der Waals surface area (Å²) in [5.41, 5.74) is 6.13. The number of benzene rings is 1. The Bertz CT molecular complexity index is 1080. The van der Waals surface area contributed by atoms with Crippen molar-refractivity contribution in [3.05, 3.63) is 51.2 Å². The van der Waals surface area contributed by atoms with Gasteiger partial charge in [0, 0.05) is 23.5 Å². The number of hydrogen-bond acceptors (Lipinski definition) is 6. The topological polar surface area (TPSA) is 105 Å². The Morgan fingerprint density at radius 1 is 1.06 bits per heavy atom. The van der Waals surface area contributed by atoms with Crippen molar-refractivity contribution in [2.45, 2.75) is 50.2 Å². The monoisotopic (exact) mass is 463 g/mol. The largest absolute Gasteiger partial charge is 0.373 e. The molecule has 1 aliphatic carbocycles. The standard InChI is InChI=1S/C21H25N3O5S2/c1-13-11-24(12-14(2)29-13)31(27,28)17-7-3-6-16(9-17)20(25)22-23-21(26)19-10-15-5-4-8-18(15)30-19/h3,6-7,9-10,13-14H,4-5,8,11-12H2,1-2H3,(H,22,25)(H,23,26)/t13-,14-/m0/s1. The van der Waals surface area contributed by atoms with Gasteiger partial charge in [0.05, 0.1) is 22.0 Å². The minimum atomic E-state index is -3.77. The van der Waals surface area contributed by atoms with Crippen LogP contribution >= 0.6 is 11.3 Å². The van der Waals surface area contributed by atoms with Gasteiger partial charge in [-0.3, -0.25) is 20.4 Å². The summed E-state index contributed by atoms with van der Waals surface area (Å²) in [7, 11) is -3.77. The van der Waals surface area contributed by atoms with Crippen LogP contribution in [0.15, 0.2) is 35.2 Å². The Kier molecular flexibility index (Phi) is 6.16. The average Bonchev–Trinajstić information content (AvgIpc) is 3.33. The quantitative estimate of drug-likeness (QED) is 0.676. The molecule has 1 fully saturated rings. The lowest BCUT2D eigenvalue weighted by atomic mass is 10.2. The Hall–Kier alpha value is -2.27. The van der Waals surface area contributed by atoms with Crippen LogP contribution in [-0.2, 0) is 27.6 Å². The lowest BCUT2D eigenvalue weighted by Gasteiger charge is -2.34. The molecule has 2 atom stereocenters. The molecule has 2 N–H and O–H groups in total. The van der Waals surface area contributed by atoms with Gasteiger partial charge >= 0.3 is 0 Å². The van der Waals surface area contributed by atoms with Crippen molar-refractivity contribution in [1.29, 1.82) is 0 Å². The third-order valence-corrected chi connectivity index (χ3v) is 8.44. The molecule has 0 saturated carbocycles. The molecule has 1 aromatic heterocycles. The first-order valence-electron chi connectivity index (χ1n) is 10.2. The molecule has 2 amide bonds. The highest BCUT2D eigenvalue weighted by molar-refractivity contribution is 7.89. The highest BCUT2D eigenvalue weighted by Gasteiger charge is 2.32. The first-order valence-corrected chi connectivity index (χ1v) is 12.5. The smallest absolute Gasteiger partial charge is 0.279 e. The number of thiophene rings is 1. The summed E-state index contributed by atoms with van der Waals surface area (Å²) in [4.78, 5) is 26.7. The van der Waals surface area contributed by atoms with E-state index < -0.39 is 15.9 Å². The number of carbonyl (C=O) groups is 2. The second-order valence-corrected chi connectivity index (χ2v) is 11.0. The fourth-order valence-electron chi connectivity index (χ4n) is 3.96. The number of ether oxygens (including phenoxy) is 1. The molecule has 1 aliphatic heterocycles. The highest BCUT2D eigenvalue weighted by atomic mass is 32.2. The van der Waals surface area contributed by atoms with E-state index in [4.69, 9.17) is 4.74 Å². The van der Waals surface area contributed by atoms with Crippen LogP contribution < -0.4 is 10.9 Å². The van der Waals surface area contributed by atoms with Crippen molar-refractivity contribution in [3.8, 4) is 0 Å². The maximum absolute atomic E-state index is 13.0. The Labute approximate surface area is 185 Å². The van der Waals surface area contributed by atoms with Crippen LogP contribution in [0, 0.1) is 0 Å². The highest BCUT2D eigenvalue weighted by Crippen LogP contribution is 2.30. The van der Waals surface area contributed by atoms with Crippen molar-refractivity contribution >= 4 is 33.2 Å². The molecule has 0 spiro atoms. The van der Waals surface area contributed by atoms with Gasteiger partial charge in [0.1, 0.15) is 0 Å². The lowest BCUT2D eigenvalue weighted by molar-refractivity contribution is -0.0440.